The normalized spacial score (nSPS) is 21.4. The van der Waals surface area contributed by atoms with Gasteiger partial charge in [0.05, 0.1) is 0 Å². The number of nitrogens with one attached hydrogen (secondary N) is 1. The van der Waals surface area contributed by atoms with Crippen LogP contribution in [0.3, 0.4) is 0 Å². The smallest absolute Gasteiger partial charge is 0.0383 e. The third-order valence-corrected chi connectivity index (χ3v) is 4.71. The Morgan fingerprint density at radius 3 is 2.39 bits per heavy atom. The maximum absolute atomic E-state index is 3.74. The van der Waals surface area contributed by atoms with E-state index in [4.69, 9.17) is 0 Å². The highest BCUT2D eigenvalue weighted by Crippen LogP contribution is 2.53. The van der Waals surface area contributed by atoms with Gasteiger partial charge in [-0.05, 0) is 54.7 Å². The predicted molar refractivity (Wildman–Crippen MR) is 82.8 cm³/mol. The van der Waals surface area contributed by atoms with Crippen molar-refractivity contribution < 1.29 is 0 Å². The van der Waals surface area contributed by atoms with E-state index in [1.807, 2.05) is 25.6 Å². The largest absolute Gasteiger partial charge is 0.379 e. The van der Waals surface area contributed by atoms with Gasteiger partial charge in [0.1, 0.15) is 0 Å². The molecule has 0 saturated heterocycles. The van der Waals surface area contributed by atoms with Crippen LogP contribution in [0.4, 0.5) is 5.69 Å². The van der Waals surface area contributed by atoms with Gasteiger partial charge in [-0.15, -0.1) is 11.8 Å². The van der Waals surface area contributed by atoms with Gasteiger partial charge >= 0.3 is 0 Å². The molecule has 1 heterocycles. The summed E-state index contributed by atoms with van der Waals surface area (Å²) in [6.07, 6.45) is 6.12. The van der Waals surface area contributed by atoms with Gasteiger partial charge in [-0.3, -0.25) is 0 Å². The van der Waals surface area contributed by atoms with E-state index < -0.39 is 0 Å². The topological polar surface area (TPSA) is 12.0 Å². The van der Waals surface area contributed by atoms with E-state index in [2.05, 4.69) is 43.6 Å². The average molecular weight is 263 g/mol. The Kier molecular flexibility index (Phi) is 3.68. The van der Waals surface area contributed by atoms with Crippen LogP contribution in [-0.4, -0.2) is 11.8 Å². The molecule has 1 saturated carbocycles. The van der Waals surface area contributed by atoms with Crippen LogP contribution in [0.25, 0.3) is 0 Å². The molecule has 0 radical (unpaired) electrons. The van der Waals surface area contributed by atoms with Crippen molar-refractivity contribution in [3.05, 3.63) is 23.8 Å². The predicted octanol–water partition coefficient (Wildman–Crippen LogP) is 5.06. The van der Waals surface area contributed by atoms with Crippen LogP contribution in [0.2, 0.25) is 0 Å². The fourth-order valence-electron chi connectivity index (χ4n) is 3.04. The van der Waals surface area contributed by atoms with E-state index in [-0.39, 0.29) is 0 Å². The molecule has 0 atom stereocenters. The van der Waals surface area contributed by atoms with Crippen molar-refractivity contribution in [1.82, 2.24) is 0 Å². The molecule has 1 aliphatic carbocycles. The van der Waals surface area contributed by atoms with E-state index >= 15 is 0 Å². The van der Waals surface area contributed by atoms with E-state index in [0.717, 1.165) is 0 Å². The van der Waals surface area contributed by atoms with E-state index in [0.29, 0.717) is 11.0 Å². The molecule has 1 nitrogen and oxygen atoms in total. The van der Waals surface area contributed by atoms with E-state index in [1.54, 1.807) is 0 Å². The Balaban J connectivity index is 0.000000574. The number of hydrogen-bond donors (Lipinski definition) is 1. The van der Waals surface area contributed by atoms with Gasteiger partial charge in [-0.25, -0.2) is 0 Å². The molecule has 1 aromatic carbocycles. The molecule has 100 valence electrons. The van der Waals surface area contributed by atoms with Crippen LogP contribution >= 0.6 is 11.8 Å². The first-order valence-electron chi connectivity index (χ1n) is 7.01. The number of thioether (sulfide) groups is 1. The summed E-state index contributed by atoms with van der Waals surface area (Å²) >= 11 is 1.83. The van der Waals surface area contributed by atoms with Crippen molar-refractivity contribution in [3.8, 4) is 0 Å². The fraction of sp³-hybridized carbons (Fsp3) is 0.625. The Morgan fingerprint density at radius 1 is 1.17 bits per heavy atom. The number of hydrogen-bond acceptors (Lipinski definition) is 2. The number of benzene rings is 1. The van der Waals surface area contributed by atoms with Gasteiger partial charge in [0.15, 0.2) is 0 Å². The SMILES string of the molecule is CC.CSc1ccc2c(c1)C(C)(C)CC1(CC1)N2. The maximum Gasteiger partial charge on any atom is 0.0383 e. The minimum absolute atomic E-state index is 0.322. The van der Waals surface area contributed by atoms with Gasteiger partial charge < -0.3 is 5.32 Å². The van der Waals surface area contributed by atoms with Crippen LogP contribution in [0.5, 0.6) is 0 Å². The van der Waals surface area contributed by atoms with E-state index in [1.165, 1.54) is 35.4 Å². The second-order valence-corrected chi connectivity index (χ2v) is 6.76. The lowest BCUT2D eigenvalue weighted by atomic mass is 9.74. The second kappa shape index (κ2) is 4.80. The highest BCUT2D eigenvalue weighted by atomic mass is 32.2. The van der Waals surface area contributed by atoms with Crippen molar-refractivity contribution >= 4 is 17.4 Å². The zero-order valence-corrected chi connectivity index (χ0v) is 13.1. The van der Waals surface area contributed by atoms with Crippen LogP contribution in [-0.2, 0) is 5.41 Å². The molecule has 1 spiro atoms. The van der Waals surface area contributed by atoms with Crippen LogP contribution < -0.4 is 5.32 Å². The van der Waals surface area contributed by atoms with Crippen LogP contribution in [0.1, 0.15) is 52.5 Å². The third-order valence-electron chi connectivity index (χ3n) is 3.99. The highest BCUT2D eigenvalue weighted by Gasteiger charge is 2.50. The van der Waals surface area contributed by atoms with Gasteiger partial charge in [-0.2, -0.15) is 0 Å². The molecule has 18 heavy (non-hydrogen) atoms. The van der Waals surface area contributed by atoms with Crippen LogP contribution in [0.15, 0.2) is 23.1 Å². The molecule has 1 fully saturated rings. The minimum atomic E-state index is 0.322. The average Bonchev–Trinajstić information content (AvgIpc) is 3.09. The molecule has 0 aromatic heterocycles. The molecule has 3 rings (SSSR count). The van der Waals surface area contributed by atoms with Gasteiger partial charge in [0, 0.05) is 16.1 Å². The van der Waals surface area contributed by atoms with Crippen molar-refractivity contribution in [2.45, 2.75) is 62.8 Å². The molecule has 0 bridgehead atoms. The molecular formula is C16H25NS. The first kappa shape index (κ1) is 13.8. The summed E-state index contributed by atoms with van der Waals surface area (Å²) in [7, 11) is 0. The molecule has 1 aromatic rings. The maximum atomic E-state index is 3.74. The molecule has 1 aliphatic heterocycles. The van der Waals surface area contributed by atoms with Crippen molar-refractivity contribution in [2.75, 3.05) is 11.6 Å². The lowest BCUT2D eigenvalue weighted by Gasteiger charge is -2.39. The summed E-state index contributed by atoms with van der Waals surface area (Å²) in [5, 5.41) is 3.74. The van der Waals surface area contributed by atoms with Gasteiger partial charge in [0.2, 0.25) is 0 Å². The first-order valence-corrected chi connectivity index (χ1v) is 8.24. The van der Waals surface area contributed by atoms with Crippen molar-refractivity contribution in [1.29, 1.82) is 0 Å². The molecule has 2 aliphatic rings. The highest BCUT2D eigenvalue weighted by molar-refractivity contribution is 7.98. The summed E-state index contributed by atoms with van der Waals surface area (Å²) in [5.74, 6) is 0. The molecule has 0 unspecified atom stereocenters. The Hall–Kier alpha value is -0.630. The minimum Gasteiger partial charge on any atom is -0.379 e. The molecule has 1 N–H and O–H groups in total. The van der Waals surface area contributed by atoms with Crippen LogP contribution in [0, 0.1) is 0 Å². The van der Waals surface area contributed by atoms with Gasteiger partial charge in [-0.1, -0.05) is 27.7 Å². The summed E-state index contributed by atoms with van der Waals surface area (Å²) in [5.41, 5.74) is 3.63. The zero-order valence-electron chi connectivity index (χ0n) is 12.3. The molecule has 0 amide bonds. The number of fused-ring (bicyclic) bond motifs is 1. The number of anilines is 1. The van der Waals surface area contributed by atoms with Crippen molar-refractivity contribution in [3.63, 3.8) is 0 Å². The standard InChI is InChI=1S/C14H19NS.C2H6/c1-13(2)9-14(6-7-14)15-12-5-4-10(16-3)8-11(12)13;1-2/h4-5,8,15H,6-7,9H2,1-3H3;1-2H3. The second-order valence-electron chi connectivity index (χ2n) is 5.88. The summed E-state index contributed by atoms with van der Waals surface area (Å²) in [6.45, 7) is 8.77. The molecular weight excluding hydrogens is 238 g/mol. The Bertz CT molecular complexity index is 433. The fourth-order valence-corrected chi connectivity index (χ4v) is 3.48. The summed E-state index contributed by atoms with van der Waals surface area (Å²) in [4.78, 5) is 1.38. The first-order chi connectivity index (χ1) is 8.55. The summed E-state index contributed by atoms with van der Waals surface area (Å²) < 4.78 is 0. The van der Waals surface area contributed by atoms with Crippen molar-refractivity contribution in [2.24, 2.45) is 0 Å². The third kappa shape index (κ3) is 2.40. The lowest BCUT2D eigenvalue weighted by molar-refractivity contribution is 0.410. The van der Waals surface area contributed by atoms with Gasteiger partial charge in [0.25, 0.3) is 0 Å². The summed E-state index contributed by atoms with van der Waals surface area (Å²) in [6, 6.07) is 6.86. The van der Waals surface area contributed by atoms with E-state index in [9.17, 15) is 0 Å². The molecule has 2 heteroatoms. The monoisotopic (exact) mass is 263 g/mol. The Labute approximate surface area is 116 Å². The lowest BCUT2D eigenvalue weighted by Crippen LogP contribution is -2.37. The zero-order chi connectivity index (χ0) is 13.4. The Morgan fingerprint density at radius 2 is 1.83 bits per heavy atom. The quantitative estimate of drug-likeness (QED) is 0.711. The number of rotatable bonds is 1.